The molecule has 1 aromatic carbocycles. The number of carbonyl (C=O) groups is 1. The maximum Gasteiger partial charge on any atom is 0.220 e. The topological polar surface area (TPSA) is 77.0 Å². The predicted octanol–water partition coefficient (Wildman–Crippen LogP) is 3.46. The Morgan fingerprint density at radius 3 is 2.79 bits per heavy atom. The minimum atomic E-state index is 0.0806. The van der Waals surface area contributed by atoms with Gasteiger partial charge in [-0.1, -0.05) is 6.07 Å². The lowest BCUT2D eigenvalue weighted by Crippen LogP contribution is -2.39. The molecule has 1 aliphatic rings. The number of ether oxygens (including phenoxy) is 1. The van der Waals surface area contributed by atoms with Crippen LogP contribution in [0.5, 0.6) is 5.75 Å². The summed E-state index contributed by atoms with van der Waals surface area (Å²) in [4.78, 5) is 24.8. The van der Waals surface area contributed by atoms with Crippen LogP contribution < -0.4 is 10.1 Å². The quantitative estimate of drug-likeness (QED) is 0.713. The van der Waals surface area contributed by atoms with E-state index in [4.69, 9.17) is 4.74 Å². The van der Waals surface area contributed by atoms with Gasteiger partial charge in [0.2, 0.25) is 5.91 Å². The fourth-order valence-electron chi connectivity index (χ4n) is 3.64. The first-order valence-electron chi connectivity index (χ1n) is 9.82. The highest BCUT2D eigenvalue weighted by molar-refractivity contribution is 5.79. The highest BCUT2D eigenvalue weighted by Crippen LogP contribution is 2.26. The van der Waals surface area contributed by atoms with Gasteiger partial charge in [-0.2, -0.15) is 0 Å². The molecule has 0 spiro atoms. The first-order chi connectivity index (χ1) is 13.8. The van der Waals surface area contributed by atoms with E-state index in [-0.39, 0.29) is 18.1 Å². The second-order valence-electron chi connectivity index (χ2n) is 7.21. The summed E-state index contributed by atoms with van der Waals surface area (Å²) in [5, 5.41) is 4.23. The van der Waals surface area contributed by atoms with E-state index in [1.807, 2.05) is 30.3 Å². The van der Waals surface area contributed by atoms with E-state index in [9.17, 15) is 4.79 Å². The van der Waals surface area contributed by atoms with Crippen LogP contribution in [0.3, 0.4) is 0 Å². The summed E-state index contributed by atoms with van der Waals surface area (Å²) in [7, 11) is 0. The molecule has 1 aliphatic carbocycles. The predicted molar refractivity (Wildman–Crippen MR) is 107 cm³/mol. The molecule has 28 heavy (non-hydrogen) atoms. The molecule has 1 fully saturated rings. The maximum atomic E-state index is 12.2. The Morgan fingerprint density at radius 2 is 1.96 bits per heavy atom. The van der Waals surface area contributed by atoms with Crippen molar-refractivity contribution < 1.29 is 9.53 Å². The van der Waals surface area contributed by atoms with Gasteiger partial charge in [0.25, 0.3) is 0 Å². The minimum absolute atomic E-state index is 0.0806. The van der Waals surface area contributed by atoms with E-state index in [1.165, 1.54) is 0 Å². The summed E-state index contributed by atoms with van der Waals surface area (Å²) in [6.07, 6.45) is 11.8. The molecule has 3 aromatic rings. The Morgan fingerprint density at radius 1 is 1.07 bits per heavy atom. The van der Waals surface area contributed by atoms with Crippen LogP contribution in [0, 0.1) is 0 Å². The monoisotopic (exact) mass is 376 g/mol. The number of amides is 1. The average Bonchev–Trinajstić information content (AvgIpc) is 2.74. The molecule has 0 radical (unpaired) electrons. The third kappa shape index (κ3) is 4.82. The third-order valence-electron chi connectivity index (χ3n) is 5.14. The molecule has 0 unspecified atom stereocenters. The molecule has 2 heterocycles. The van der Waals surface area contributed by atoms with E-state index in [2.05, 4.69) is 20.3 Å². The van der Waals surface area contributed by atoms with E-state index in [1.54, 1.807) is 24.8 Å². The number of hydrogen-bond acceptors (Lipinski definition) is 5. The van der Waals surface area contributed by atoms with E-state index in [0.29, 0.717) is 12.8 Å². The van der Waals surface area contributed by atoms with E-state index >= 15 is 0 Å². The molecule has 0 aliphatic heterocycles. The summed E-state index contributed by atoms with van der Waals surface area (Å²) >= 11 is 0. The van der Waals surface area contributed by atoms with Gasteiger partial charge in [0, 0.05) is 42.6 Å². The number of aryl methyl sites for hydroxylation is 1. The Hall–Kier alpha value is -3.02. The molecule has 144 valence electrons. The van der Waals surface area contributed by atoms with Crippen molar-refractivity contribution in [1.29, 1.82) is 0 Å². The number of nitrogens with one attached hydrogen (secondary N) is 1. The summed E-state index contributed by atoms with van der Waals surface area (Å²) in [6.45, 7) is 0. The molecule has 1 amide bonds. The molecule has 0 saturated heterocycles. The smallest absolute Gasteiger partial charge is 0.220 e. The van der Waals surface area contributed by atoms with Gasteiger partial charge in [-0.3, -0.25) is 19.7 Å². The van der Waals surface area contributed by atoms with Gasteiger partial charge in [-0.15, -0.1) is 0 Å². The SMILES string of the molecule is O=C(CCc1cnccn1)NC1CCC(Oc2ccc3ncccc3c2)CC1. The summed E-state index contributed by atoms with van der Waals surface area (Å²) in [6, 6.07) is 10.2. The standard InChI is InChI=1S/C22H24N4O2/c27-22(10-5-18-15-23-12-13-24-18)26-17-3-6-19(7-4-17)28-20-8-9-21-16(14-20)2-1-11-25-21/h1-2,8-9,11-15,17,19H,3-7,10H2,(H,26,27). The van der Waals surface area contributed by atoms with Crippen LogP contribution in [-0.2, 0) is 11.2 Å². The van der Waals surface area contributed by atoms with E-state index < -0.39 is 0 Å². The second-order valence-corrected chi connectivity index (χ2v) is 7.21. The van der Waals surface area contributed by atoms with Crippen molar-refractivity contribution in [3.8, 4) is 5.75 Å². The van der Waals surface area contributed by atoms with Crippen molar-refractivity contribution in [1.82, 2.24) is 20.3 Å². The molecule has 1 saturated carbocycles. The third-order valence-corrected chi connectivity index (χ3v) is 5.14. The van der Waals surface area contributed by atoms with Gasteiger partial charge in [0.15, 0.2) is 0 Å². The number of pyridine rings is 1. The van der Waals surface area contributed by atoms with Crippen molar-refractivity contribution in [3.05, 3.63) is 60.8 Å². The molecule has 6 heteroatoms. The van der Waals surface area contributed by atoms with Crippen LogP contribution >= 0.6 is 0 Å². The Bertz CT molecular complexity index is 924. The first kappa shape index (κ1) is 18.3. The number of aromatic nitrogens is 3. The zero-order chi connectivity index (χ0) is 19.2. The van der Waals surface area contributed by atoms with Gasteiger partial charge < -0.3 is 10.1 Å². The number of carbonyl (C=O) groups excluding carboxylic acids is 1. The highest BCUT2D eigenvalue weighted by Gasteiger charge is 2.23. The van der Waals surface area contributed by atoms with Crippen LogP contribution in [0.2, 0.25) is 0 Å². The lowest BCUT2D eigenvalue weighted by molar-refractivity contribution is -0.122. The van der Waals surface area contributed by atoms with Crippen LogP contribution in [0.15, 0.2) is 55.1 Å². The van der Waals surface area contributed by atoms with Crippen LogP contribution in [0.25, 0.3) is 10.9 Å². The highest BCUT2D eigenvalue weighted by atomic mass is 16.5. The molecule has 0 atom stereocenters. The van der Waals surface area contributed by atoms with E-state index in [0.717, 1.165) is 48.0 Å². The Balaban J connectivity index is 1.22. The Labute approximate surface area is 164 Å². The van der Waals surface area contributed by atoms with Crippen molar-refractivity contribution in [2.45, 2.75) is 50.7 Å². The van der Waals surface area contributed by atoms with Crippen LogP contribution in [0.4, 0.5) is 0 Å². The molecule has 6 nitrogen and oxygen atoms in total. The summed E-state index contributed by atoms with van der Waals surface area (Å²) < 4.78 is 6.17. The fraction of sp³-hybridized carbons (Fsp3) is 0.364. The molecule has 2 aromatic heterocycles. The molecule has 1 N–H and O–H groups in total. The second kappa shape index (κ2) is 8.78. The Kier molecular flexibility index (Phi) is 5.75. The fourth-order valence-corrected chi connectivity index (χ4v) is 3.64. The number of fused-ring (bicyclic) bond motifs is 1. The van der Waals surface area contributed by atoms with Gasteiger partial charge in [0.1, 0.15) is 5.75 Å². The average molecular weight is 376 g/mol. The molecular formula is C22H24N4O2. The van der Waals surface area contributed by atoms with Gasteiger partial charge in [-0.25, -0.2) is 0 Å². The largest absolute Gasteiger partial charge is 0.490 e. The summed E-state index contributed by atoms with van der Waals surface area (Å²) in [5.41, 5.74) is 1.82. The van der Waals surface area contributed by atoms with Crippen LogP contribution in [0.1, 0.15) is 37.8 Å². The first-order valence-corrected chi connectivity index (χ1v) is 9.82. The number of hydrogen-bond donors (Lipinski definition) is 1. The molecule has 0 bridgehead atoms. The lowest BCUT2D eigenvalue weighted by Gasteiger charge is -2.29. The zero-order valence-electron chi connectivity index (χ0n) is 15.8. The zero-order valence-corrected chi connectivity index (χ0v) is 15.8. The normalized spacial score (nSPS) is 19.3. The van der Waals surface area contributed by atoms with Crippen molar-refractivity contribution in [2.75, 3.05) is 0 Å². The van der Waals surface area contributed by atoms with Crippen molar-refractivity contribution >= 4 is 16.8 Å². The van der Waals surface area contributed by atoms with Crippen LogP contribution in [-0.4, -0.2) is 33.0 Å². The molecular weight excluding hydrogens is 352 g/mol. The van der Waals surface area contributed by atoms with Crippen molar-refractivity contribution in [3.63, 3.8) is 0 Å². The maximum absolute atomic E-state index is 12.2. The van der Waals surface area contributed by atoms with Crippen molar-refractivity contribution in [2.24, 2.45) is 0 Å². The minimum Gasteiger partial charge on any atom is -0.490 e. The number of rotatable bonds is 6. The number of benzene rings is 1. The van der Waals surface area contributed by atoms with Gasteiger partial charge in [-0.05, 0) is 56.4 Å². The molecule has 4 rings (SSSR count). The van der Waals surface area contributed by atoms with Gasteiger partial charge >= 0.3 is 0 Å². The number of nitrogens with zero attached hydrogens (tertiary/aromatic N) is 3. The summed E-state index contributed by atoms with van der Waals surface area (Å²) in [5.74, 6) is 0.967. The van der Waals surface area contributed by atoms with Gasteiger partial charge in [0.05, 0.1) is 17.3 Å². The lowest BCUT2D eigenvalue weighted by atomic mass is 9.92.